The Morgan fingerprint density at radius 3 is 2.62 bits per heavy atom. The molecule has 90 valence electrons. The van der Waals surface area contributed by atoms with Gasteiger partial charge in [0.25, 0.3) is 0 Å². The van der Waals surface area contributed by atoms with Crippen molar-refractivity contribution in [2.24, 2.45) is 28.6 Å². The van der Waals surface area contributed by atoms with Gasteiger partial charge in [0.15, 0.2) is 0 Å². The average molecular weight is 220 g/mol. The highest BCUT2D eigenvalue weighted by Gasteiger charge is 2.65. The van der Waals surface area contributed by atoms with Crippen LogP contribution in [0, 0.1) is 28.6 Å². The summed E-state index contributed by atoms with van der Waals surface area (Å²) in [6, 6.07) is 0. The maximum atomic E-state index is 10.3. The van der Waals surface area contributed by atoms with Gasteiger partial charge in [0.2, 0.25) is 0 Å². The van der Waals surface area contributed by atoms with E-state index in [9.17, 15) is 5.11 Å². The first kappa shape index (κ1) is 10.8. The van der Waals surface area contributed by atoms with E-state index >= 15 is 0 Å². The van der Waals surface area contributed by atoms with Crippen LogP contribution >= 0.6 is 0 Å². The standard InChI is InChI=1S/C15H24O/c1-9-5-6-13-14(3,4)11-7-15(9,13)8-12(16)10(11)2/h9,11-13,16H,2,5-8H2,1,3-4H3. The number of fused-ring (bicyclic) bond motifs is 1. The minimum absolute atomic E-state index is 0.233. The third-order valence-corrected chi connectivity index (χ3v) is 6.39. The normalized spacial score (nSPS) is 54.1. The van der Waals surface area contributed by atoms with Crippen molar-refractivity contribution >= 4 is 0 Å². The number of aliphatic hydroxyl groups excluding tert-OH is 1. The third kappa shape index (κ3) is 1.01. The first-order valence-corrected chi connectivity index (χ1v) is 6.76. The summed E-state index contributed by atoms with van der Waals surface area (Å²) in [6.07, 6.45) is 4.77. The molecule has 5 unspecified atom stereocenters. The summed E-state index contributed by atoms with van der Waals surface area (Å²) in [5.41, 5.74) is 1.92. The molecule has 5 atom stereocenters. The molecule has 0 aromatic rings. The molecular formula is C15H24O. The van der Waals surface area contributed by atoms with Crippen LogP contribution in [0.2, 0.25) is 0 Å². The second-order valence-electron chi connectivity index (χ2n) is 7.14. The fraction of sp³-hybridized carbons (Fsp3) is 0.867. The lowest BCUT2D eigenvalue weighted by atomic mass is 9.66. The van der Waals surface area contributed by atoms with E-state index in [0.29, 0.717) is 16.7 Å². The van der Waals surface area contributed by atoms with Crippen LogP contribution in [0.1, 0.15) is 46.5 Å². The summed E-state index contributed by atoms with van der Waals surface area (Å²) >= 11 is 0. The Morgan fingerprint density at radius 2 is 1.94 bits per heavy atom. The van der Waals surface area contributed by atoms with Crippen molar-refractivity contribution in [3.05, 3.63) is 12.2 Å². The molecule has 3 rings (SSSR count). The van der Waals surface area contributed by atoms with Gasteiger partial charge in [0, 0.05) is 0 Å². The van der Waals surface area contributed by atoms with Crippen LogP contribution in [0.3, 0.4) is 0 Å². The lowest BCUT2D eigenvalue weighted by Crippen LogP contribution is -2.36. The summed E-state index contributed by atoms with van der Waals surface area (Å²) in [7, 11) is 0. The zero-order valence-corrected chi connectivity index (χ0v) is 10.8. The van der Waals surface area contributed by atoms with Crippen LogP contribution < -0.4 is 0 Å². The Bertz CT molecular complexity index is 343. The second-order valence-corrected chi connectivity index (χ2v) is 7.14. The highest BCUT2D eigenvalue weighted by Crippen LogP contribution is 2.72. The van der Waals surface area contributed by atoms with Gasteiger partial charge in [-0.25, -0.2) is 0 Å². The molecule has 3 aliphatic carbocycles. The Balaban J connectivity index is 2.10. The van der Waals surface area contributed by atoms with Crippen molar-refractivity contribution in [2.75, 3.05) is 0 Å². The van der Waals surface area contributed by atoms with Gasteiger partial charge in [0.1, 0.15) is 0 Å². The number of rotatable bonds is 0. The highest BCUT2D eigenvalue weighted by atomic mass is 16.3. The van der Waals surface area contributed by atoms with Gasteiger partial charge in [-0.15, -0.1) is 0 Å². The Hall–Kier alpha value is -0.300. The first-order valence-electron chi connectivity index (χ1n) is 6.76. The fourth-order valence-corrected chi connectivity index (χ4v) is 5.44. The average Bonchev–Trinajstić information content (AvgIpc) is 2.59. The van der Waals surface area contributed by atoms with E-state index < -0.39 is 0 Å². The zero-order valence-electron chi connectivity index (χ0n) is 10.8. The molecule has 0 amide bonds. The second kappa shape index (κ2) is 2.93. The molecule has 0 heterocycles. The van der Waals surface area contributed by atoms with Crippen LogP contribution in [-0.2, 0) is 0 Å². The molecule has 3 aliphatic rings. The first-order chi connectivity index (χ1) is 7.39. The molecule has 0 radical (unpaired) electrons. The van der Waals surface area contributed by atoms with Crippen molar-refractivity contribution in [1.82, 2.24) is 0 Å². The zero-order chi connectivity index (χ0) is 11.7. The lowest BCUT2D eigenvalue weighted by Gasteiger charge is -2.40. The van der Waals surface area contributed by atoms with Gasteiger partial charge < -0.3 is 5.11 Å². The van der Waals surface area contributed by atoms with Crippen LogP contribution in [0.15, 0.2) is 12.2 Å². The van der Waals surface area contributed by atoms with E-state index in [-0.39, 0.29) is 6.10 Å². The van der Waals surface area contributed by atoms with E-state index in [0.717, 1.165) is 23.8 Å². The van der Waals surface area contributed by atoms with Crippen LogP contribution in [0.4, 0.5) is 0 Å². The van der Waals surface area contributed by atoms with E-state index in [2.05, 4.69) is 27.4 Å². The molecule has 2 bridgehead atoms. The van der Waals surface area contributed by atoms with Crippen molar-refractivity contribution in [2.45, 2.75) is 52.6 Å². The Labute approximate surface area is 98.9 Å². The molecule has 1 heteroatoms. The maximum absolute atomic E-state index is 10.3. The minimum Gasteiger partial charge on any atom is -0.389 e. The van der Waals surface area contributed by atoms with Gasteiger partial charge in [-0.3, -0.25) is 0 Å². The van der Waals surface area contributed by atoms with E-state index in [1.165, 1.54) is 19.3 Å². The monoisotopic (exact) mass is 220 g/mol. The van der Waals surface area contributed by atoms with Crippen molar-refractivity contribution in [3.8, 4) is 0 Å². The van der Waals surface area contributed by atoms with Gasteiger partial charge in [0.05, 0.1) is 6.10 Å². The Kier molecular flexibility index (Phi) is 1.98. The predicted octanol–water partition coefficient (Wildman–Crippen LogP) is 3.39. The van der Waals surface area contributed by atoms with Gasteiger partial charge in [-0.05, 0) is 59.8 Å². The summed E-state index contributed by atoms with van der Waals surface area (Å²) < 4.78 is 0. The van der Waals surface area contributed by atoms with E-state index in [1.807, 2.05) is 0 Å². The van der Waals surface area contributed by atoms with E-state index in [4.69, 9.17) is 0 Å². The topological polar surface area (TPSA) is 20.2 Å². The molecule has 0 aromatic carbocycles. The van der Waals surface area contributed by atoms with E-state index in [1.54, 1.807) is 0 Å². The number of hydrogen-bond donors (Lipinski definition) is 1. The van der Waals surface area contributed by atoms with Crippen molar-refractivity contribution in [1.29, 1.82) is 0 Å². The summed E-state index contributed by atoms with van der Waals surface area (Å²) in [4.78, 5) is 0. The van der Waals surface area contributed by atoms with Crippen molar-refractivity contribution < 1.29 is 5.11 Å². The molecule has 16 heavy (non-hydrogen) atoms. The van der Waals surface area contributed by atoms with Gasteiger partial charge >= 0.3 is 0 Å². The summed E-state index contributed by atoms with van der Waals surface area (Å²) in [6.45, 7) is 11.4. The SMILES string of the molecule is C=C1C(O)CC23CC1C(C)(C)C2CCC3C. The van der Waals surface area contributed by atoms with Crippen molar-refractivity contribution in [3.63, 3.8) is 0 Å². The summed E-state index contributed by atoms with van der Waals surface area (Å²) in [5, 5.41) is 10.3. The molecule has 1 spiro atoms. The lowest BCUT2D eigenvalue weighted by molar-refractivity contribution is 0.0530. The van der Waals surface area contributed by atoms with Crippen LogP contribution in [0.5, 0.6) is 0 Å². The largest absolute Gasteiger partial charge is 0.389 e. The molecule has 0 aromatic heterocycles. The molecule has 1 N–H and O–H groups in total. The summed E-state index contributed by atoms with van der Waals surface area (Å²) in [5.74, 6) is 2.17. The molecule has 0 aliphatic heterocycles. The molecule has 3 saturated carbocycles. The third-order valence-electron chi connectivity index (χ3n) is 6.39. The minimum atomic E-state index is -0.233. The highest BCUT2D eigenvalue weighted by molar-refractivity contribution is 5.26. The Morgan fingerprint density at radius 1 is 1.25 bits per heavy atom. The molecule has 0 saturated heterocycles. The smallest absolute Gasteiger partial charge is 0.0755 e. The quantitative estimate of drug-likeness (QED) is 0.620. The number of aliphatic hydroxyl groups is 1. The fourth-order valence-electron chi connectivity index (χ4n) is 5.44. The predicted molar refractivity (Wildman–Crippen MR) is 66.0 cm³/mol. The van der Waals surface area contributed by atoms with Crippen LogP contribution in [0.25, 0.3) is 0 Å². The van der Waals surface area contributed by atoms with Crippen LogP contribution in [-0.4, -0.2) is 11.2 Å². The van der Waals surface area contributed by atoms with Gasteiger partial charge in [-0.1, -0.05) is 27.4 Å². The molecule has 3 fully saturated rings. The molecular weight excluding hydrogens is 196 g/mol. The molecule has 1 nitrogen and oxygen atoms in total. The van der Waals surface area contributed by atoms with Gasteiger partial charge in [-0.2, -0.15) is 0 Å². The maximum Gasteiger partial charge on any atom is 0.0755 e. The number of hydrogen-bond acceptors (Lipinski definition) is 1.